The van der Waals surface area contributed by atoms with Crippen molar-refractivity contribution in [3.63, 3.8) is 0 Å². The zero-order valence-corrected chi connectivity index (χ0v) is 13.1. The quantitative estimate of drug-likeness (QED) is 0.810. The van der Waals surface area contributed by atoms with E-state index in [4.69, 9.17) is 9.84 Å². The summed E-state index contributed by atoms with van der Waals surface area (Å²) in [5.41, 5.74) is 1.56. The van der Waals surface area contributed by atoms with Gasteiger partial charge in [0.25, 0.3) is 0 Å². The van der Waals surface area contributed by atoms with Gasteiger partial charge in [-0.1, -0.05) is 26.0 Å². The highest BCUT2D eigenvalue weighted by Gasteiger charge is 2.52. The molecule has 4 heteroatoms. The van der Waals surface area contributed by atoms with E-state index < -0.39 is 5.97 Å². The van der Waals surface area contributed by atoms with Gasteiger partial charge in [-0.25, -0.2) is 4.79 Å². The second kappa shape index (κ2) is 6.58. The minimum atomic E-state index is -0.878. The minimum Gasteiger partial charge on any atom is -0.478 e. The lowest BCUT2D eigenvalue weighted by Crippen LogP contribution is -2.62. The number of carboxylic acid groups (broad SMARTS) is 1. The third-order valence-corrected chi connectivity index (χ3v) is 5.11. The van der Waals surface area contributed by atoms with E-state index >= 15 is 0 Å². The Morgan fingerprint density at radius 3 is 2.71 bits per heavy atom. The van der Waals surface area contributed by atoms with E-state index in [1.165, 1.54) is 0 Å². The van der Waals surface area contributed by atoms with Gasteiger partial charge < -0.3 is 15.2 Å². The van der Waals surface area contributed by atoms with Crippen LogP contribution in [-0.2, 0) is 11.3 Å². The number of hydrogen-bond donors (Lipinski definition) is 2. The van der Waals surface area contributed by atoms with Gasteiger partial charge in [0, 0.05) is 25.1 Å². The van der Waals surface area contributed by atoms with Crippen LogP contribution in [0.1, 0.15) is 49.0 Å². The van der Waals surface area contributed by atoms with Crippen molar-refractivity contribution in [1.82, 2.24) is 5.32 Å². The summed E-state index contributed by atoms with van der Waals surface area (Å²) in [6, 6.07) is 7.56. The molecule has 1 saturated carbocycles. The molecule has 2 unspecified atom stereocenters. The molecule has 0 aliphatic heterocycles. The van der Waals surface area contributed by atoms with Crippen molar-refractivity contribution < 1.29 is 14.6 Å². The van der Waals surface area contributed by atoms with E-state index in [0.29, 0.717) is 24.3 Å². The Bertz CT molecular complexity index is 497. The first-order chi connectivity index (χ1) is 10.1. The standard InChI is InChI=1S/C17H25NO3/c1-4-17(5-2)14(10-15(17)21-3)18-11-12-7-6-8-13(9-12)16(19)20/h6-9,14-15,18H,4-5,10-11H2,1-3H3,(H,19,20). The third-order valence-electron chi connectivity index (χ3n) is 5.11. The molecule has 4 nitrogen and oxygen atoms in total. The maximum atomic E-state index is 11.0. The maximum Gasteiger partial charge on any atom is 0.335 e. The van der Waals surface area contributed by atoms with Crippen LogP contribution in [0.15, 0.2) is 24.3 Å². The summed E-state index contributed by atoms with van der Waals surface area (Å²) in [6.07, 6.45) is 3.54. The topological polar surface area (TPSA) is 58.6 Å². The monoisotopic (exact) mass is 291 g/mol. The molecule has 1 aromatic rings. The Balaban J connectivity index is 2.00. The molecule has 0 bridgehead atoms. The van der Waals surface area contributed by atoms with Crippen LogP contribution in [0.5, 0.6) is 0 Å². The van der Waals surface area contributed by atoms with Gasteiger partial charge >= 0.3 is 5.97 Å². The van der Waals surface area contributed by atoms with Crippen LogP contribution in [0.2, 0.25) is 0 Å². The van der Waals surface area contributed by atoms with Gasteiger partial charge in [-0.15, -0.1) is 0 Å². The Hall–Kier alpha value is -1.39. The lowest BCUT2D eigenvalue weighted by Gasteiger charge is -2.55. The van der Waals surface area contributed by atoms with Crippen molar-refractivity contribution in [3.05, 3.63) is 35.4 Å². The fourth-order valence-electron chi connectivity index (χ4n) is 3.62. The molecular weight excluding hydrogens is 266 g/mol. The number of benzene rings is 1. The number of aromatic carboxylic acids is 1. The maximum absolute atomic E-state index is 11.0. The highest BCUT2D eigenvalue weighted by Crippen LogP contribution is 2.48. The second-order valence-electron chi connectivity index (χ2n) is 5.84. The second-order valence-corrected chi connectivity index (χ2v) is 5.84. The molecule has 0 spiro atoms. The highest BCUT2D eigenvalue weighted by atomic mass is 16.5. The summed E-state index contributed by atoms with van der Waals surface area (Å²) in [5, 5.41) is 12.6. The minimum absolute atomic E-state index is 0.207. The van der Waals surface area contributed by atoms with E-state index in [1.54, 1.807) is 25.3 Å². The lowest BCUT2D eigenvalue weighted by atomic mass is 9.58. The van der Waals surface area contributed by atoms with E-state index in [1.807, 2.05) is 6.07 Å². The van der Waals surface area contributed by atoms with Gasteiger partial charge in [0.15, 0.2) is 0 Å². The Labute approximate surface area is 126 Å². The van der Waals surface area contributed by atoms with E-state index in [0.717, 1.165) is 24.8 Å². The van der Waals surface area contributed by atoms with Crippen LogP contribution in [0, 0.1) is 5.41 Å². The van der Waals surface area contributed by atoms with Crippen LogP contribution in [0.25, 0.3) is 0 Å². The first-order valence-corrected chi connectivity index (χ1v) is 7.65. The fourth-order valence-corrected chi connectivity index (χ4v) is 3.62. The van der Waals surface area contributed by atoms with Gasteiger partial charge in [0.1, 0.15) is 0 Å². The Morgan fingerprint density at radius 1 is 1.43 bits per heavy atom. The average molecular weight is 291 g/mol. The predicted octanol–water partition coefficient (Wildman–Crippen LogP) is 3.07. The molecule has 0 aromatic heterocycles. The van der Waals surface area contributed by atoms with Crippen LogP contribution in [0.4, 0.5) is 0 Å². The summed E-state index contributed by atoms with van der Waals surface area (Å²) < 4.78 is 5.60. The lowest BCUT2D eigenvalue weighted by molar-refractivity contribution is -0.124. The summed E-state index contributed by atoms with van der Waals surface area (Å²) in [5.74, 6) is -0.878. The fraction of sp³-hybridized carbons (Fsp3) is 0.588. The molecule has 21 heavy (non-hydrogen) atoms. The molecule has 1 aliphatic carbocycles. The van der Waals surface area contributed by atoms with Crippen molar-refractivity contribution in [2.45, 2.75) is 51.8 Å². The largest absolute Gasteiger partial charge is 0.478 e. The zero-order valence-electron chi connectivity index (χ0n) is 13.1. The van der Waals surface area contributed by atoms with Gasteiger partial charge in [-0.05, 0) is 37.0 Å². The van der Waals surface area contributed by atoms with Crippen LogP contribution in [0.3, 0.4) is 0 Å². The Kier molecular flexibility index (Phi) is 5.01. The number of ether oxygens (including phenoxy) is 1. The molecule has 1 aromatic carbocycles. The highest BCUT2D eigenvalue weighted by molar-refractivity contribution is 5.87. The summed E-state index contributed by atoms with van der Waals surface area (Å²) in [4.78, 5) is 11.0. The average Bonchev–Trinajstić information content (AvgIpc) is 2.48. The Morgan fingerprint density at radius 2 is 2.14 bits per heavy atom. The molecule has 2 atom stereocenters. The molecule has 0 heterocycles. The number of methoxy groups -OCH3 is 1. The third kappa shape index (κ3) is 2.97. The van der Waals surface area contributed by atoms with Gasteiger partial charge in [-0.3, -0.25) is 0 Å². The van der Waals surface area contributed by atoms with Crippen LogP contribution < -0.4 is 5.32 Å². The van der Waals surface area contributed by atoms with Gasteiger partial charge in [0.2, 0.25) is 0 Å². The number of rotatable bonds is 7. The molecule has 1 aliphatic rings. The SMILES string of the molecule is CCC1(CC)C(NCc2cccc(C(=O)O)c2)CC1OC. The van der Waals surface area contributed by atoms with Crippen molar-refractivity contribution in [2.75, 3.05) is 7.11 Å². The smallest absolute Gasteiger partial charge is 0.335 e. The molecule has 1 fully saturated rings. The molecule has 2 rings (SSSR count). The molecular formula is C17H25NO3. The number of hydrogen-bond acceptors (Lipinski definition) is 3. The number of nitrogens with one attached hydrogen (secondary N) is 1. The molecule has 116 valence electrons. The van der Waals surface area contributed by atoms with Crippen molar-refractivity contribution >= 4 is 5.97 Å². The number of carbonyl (C=O) groups is 1. The summed E-state index contributed by atoms with van der Waals surface area (Å²) in [6.45, 7) is 5.13. The predicted molar refractivity (Wildman–Crippen MR) is 82.5 cm³/mol. The summed E-state index contributed by atoms with van der Waals surface area (Å²) >= 11 is 0. The van der Waals surface area contributed by atoms with E-state index in [-0.39, 0.29) is 5.41 Å². The zero-order chi connectivity index (χ0) is 15.5. The molecule has 0 saturated heterocycles. The normalized spacial score (nSPS) is 23.6. The van der Waals surface area contributed by atoms with Crippen LogP contribution in [-0.4, -0.2) is 30.3 Å². The number of carboxylic acids is 1. The van der Waals surface area contributed by atoms with E-state index in [2.05, 4.69) is 19.2 Å². The summed E-state index contributed by atoms with van der Waals surface area (Å²) in [7, 11) is 1.79. The van der Waals surface area contributed by atoms with Crippen molar-refractivity contribution in [1.29, 1.82) is 0 Å². The first-order valence-electron chi connectivity index (χ1n) is 7.65. The van der Waals surface area contributed by atoms with Gasteiger partial charge in [0.05, 0.1) is 11.7 Å². The molecule has 0 amide bonds. The van der Waals surface area contributed by atoms with Crippen molar-refractivity contribution in [2.24, 2.45) is 5.41 Å². The van der Waals surface area contributed by atoms with Crippen molar-refractivity contribution in [3.8, 4) is 0 Å². The van der Waals surface area contributed by atoms with Crippen LogP contribution >= 0.6 is 0 Å². The molecule has 0 radical (unpaired) electrons. The first kappa shape index (κ1) is 16.0. The van der Waals surface area contributed by atoms with E-state index in [9.17, 15) is 4.79 Å². The van der Waals surface area contributed by atoms with Gasteiger partial charge in [-0.2, -0.15) is 0 Å². The molecule has 2 N–H and O–H groups in total.